The van der Waals surface area contributed by atoms with Crippen molar-refractivity contribution in [2.75, 3.05) is 6.54 Å². The lowest BCUT2D eigenvalue weighted by atomic mass is 10.1. The molecule has 160 valence electrons. The summed E-state index contributed by atoms with van der Waals surface area (Å²) in [6, 6.07) is 17.6. The molecule has 2 aromatic carbocycles. The summed E-state index contributed by atoms with van der Waals surface area (Å²) in [5.74, 6) is -1.52. The van der Waals surface area contributed by atoms with Crippen LogP contribution in [0.1, 0.15) is 28.1 Å². The average molecular weight is 437 g/mol. The van der Waals surface area contributed by atoms with Crippen LogP contribution >= 0.6 is 11.6 Å². The molecule has 0 saturated carbocycles. The lowest BCUT2D eigenvalue weighted by Gasteiger charge is -2.11. The minimum Gasteiger partial charge on any atom is -0.347 e. The third-order valence-corrected chi connectivity index (χ3v) is 5.41. The van der Waals surface area contributed by atoms with Crippen LogP contribution < -0.4 is 10.7 Å². The second-order valence-corrected chi connectivity index (χ2v) is 7.69. The number of benzene rings is 2. The first-order valence-electron chi connectivity index (χ1n) is 9.97. The van der Waals surface area contributed by atoms with Gasteiger partial charge in [-0.25, -0.2) is 5.43 Å². The number of amides is 2. The van der Waals surface area contributed by atoms with Gasteiger partial charge in [0.25, 0.3) is 0 Å². The second-order valence-electron chi connectivity index (χ2n) is 7.29. The van der Waals surface area contributed by atoms with Gasteiger partial charge in [0.05, 0.1) is 6.21 Å². The molecule has 0 bridgehead atoms. The Bertz CT molecular complexity index is 1120. The van der Waals surface area contributed by atoms with Gasteiger partial charge in [-0.3, -0.25) is 9.59 Å². The zero-order valence-corrected chi connectivity index (χ0v) is 18.5. The SMILES string of the molecule is Cc1ccc(-n2c(C)cc(/C=N\NC(=O)C(=O)NCCc3ccccc3)c2C)cc1Cl. The minimum atomic E-state index is -0.802. The number of aromatic nitrogens is 1. The lowest BCUT2D eigenvalue weighted by molar-refractivity contribution is -0.139. The van der Waals surface area contributed by atoms with E-state index in [-0.39, 0.29) is 0 Å². The van der Waals surface area contributed by atoms with E-state index in [1.165, 1.54) is 6.21 Å². The fourth-order valence-electron chi connectivity index (χ4n) is 3.29. The maximum absolute atomic E-state index is 12.0. The van der Waals surface area contributed by atoms with E-state index in [9.17, 15) is 9.59 Å². The molecule has 7 heteroatoms. The van der Waals surface area contributed by atoms with Crippen molar-refractivity contribution in [2.45, 2.75) is 27.2 Å². The molecule has 0 aliphatic heterocycles. The summed E-state index contributed by atoms with van der Waals surface area (Å²) < 4.78 is 2.06. The van der Waals surface area contributed by atoms with Gasteiger partial charge in [-0.1, -0.05) is 48.0 Å². The molecule has 0 unspecified atom stereocenters. The van der Waals surface area contributed by atoms with E-state index < -0.39 is 11.8 Å². The average Bonchev–Trinajstić information content (AvgIpc) is 3.04. The van der Waals surface area contributed by atoms with Crippen LogP contribution in [-0.2, 0) is 16.0 Å². The quantitative estimate of drug-likeness (QED) is 0.349. The van der Waals surface area contributed by atoms with Crippen molar-refractivity contribution in [3.63, 3.8) is 0 Å². The van der Waals surface area contributed by atoms with Gasteiger partial charge < -0.3 is 9.88 Å². The number of rotatable bonds is 6. The molecule has 0 fully saturated rings. The molecule has 3 rings (SSSR count). The van der Waals surface area contributed by atoms with Gasteiger partial charge >= 0.3 is 11.8 Å². The van der Waals surface area contributed by atoms with Gasteiger partial charge in [-0.05, 0) is 56.5 Å². The summed E-state index contributed by atoms with van der Waals surface area (Å²) in [6.45, 7) is 6.28. The van der Waals surface area contributed by atoms with Crippen molar-refractivity contribution < 1.29 is 9.59 Å². The van der Waals surface area contributed by atoms with Crippen molar-refractivity contribution in [1.82, 2.24) is 15.3 Å². The minimum absolute atomic E-state index is 0.375. The zero-order valence-electron chi connectivity index (χ0n) is 17.8. The molecule has 0 spiro atoms. The van der Waals surface area contributed by atoms with E-state index >= 15 is 0 Å². The number of carbonyl (C=O) groups is 2. The van der Waals surface area contributed by atoms with Crippen molar-refractivity contribution >= 4 is 29.6 Å². The first-order chi connectivity index (χ1) is 14.9. The smallest absolute Gasteiger partial charge is 0.329 e. The molecule has 1 aromatic heterocycles. The lowest BCUT2D eigenvalue weighted by Crippen LogP contribution is -2.38. The zero-order chi connectivity index (χ0) is 22.4. The molecular formula is C24H25ClN4O2. The Labute approximate surface area is 186 Å². The summed E-state index contributed by atoms with van der Waals surface area (Å²) in [4.78, 5) is 23.9. The van der Waals surface area contributed by atoms with Gasteiger partial charge in [-0.15, -0.1) is 0 Å². The molecule has 0 aliphatic rings. The van der Waals surface area contributed by atoms with Gasteiger partial charge in [0.15, 0.2) is 0 Å². The maximum atomic E-state index is 12.0. The van der Waals surface area contributed by atoms with Crippen LogP contribution in [0.5, 0.6) is 0 Å². The van der Waals surface area contributed by atoms with Crippen molar-refractivity contribution in [3.05, 3.63) is 87.7 Å². The van der Waals surface area contributed by atoms with E-state index in [1.807, 2.05) is 75.4 Å². The largest absolute Gasteiger partial charge is 0.347 e. The molecule has 0 aliphatic carbocycles. The molecule has 0 radical (unpaired) electrons. The van der Waals surface area contributed by atoms with Crippen LogP contribution in [0.3, 0.4) is 0 Å². The molecule has 31 heavy (non-hydrogen) atoms. The molecule has 0 atom stereocenters. The van der Waals surface area contributed by atoms with Crippen LogP contribution in [0.2, 0.25) is 5.02 Å². The molecule has 0 saturated heterocycles. The monoisotopic (exact) mass is 436 g/mol. The first kappa shape index (κ1) is 22.3. The van der Waals surface area contributed by atoms with Crippen LogP contribution in [-0.4, -0.2) is 29.1 Å². The Morgan fingerprint density at radius 1 is 1.03 bits per heavy atom. The van der Waals surface area contributed by atoms with Crippen molar-refractivity contribution in [3.8, 4) is 5.69 Å². The molecule has 2 N–H and O–H groups in total. The predicted octanol–water partition coefficient (Wildman–Crippen LogP) is 3.86. The number of hydrogen-bond donors (Lipinski definition) is 2. The predicted molar refractivity (Wildman–Crippen MR) is 124 cm³/mol. The standard InChI is InChI=1S/C24H25ClN4O2/c1-16-9-10-21(14-22(16)25)29-17(2)13-20(18(29)3)15-27-28-24(31)23(30)26-12-11-19-7-5-4-6-8-19/h4-10,13-15H,11-12H2,1-3H3,(H,26,30)(H,28,31)/b27-15-. The Morgan fingerprint density at radius 2 is 1.77 bits per heavy atom. The van der Waals surface area contributed by atoms with E-state index in [0.717, 1.165) is 33.8 Å². The number of halogens is 1. The van der Waals surface area contributed by atoms with E-state index in [2.05, 4.69) is 20.4 Å². The third-order valence-electron chi connectivity index (χ3n) is 5.00. The van der Waals surface area contributed by atoms with E-state index in [1.54, 1.807) is 0 Å². The van der Waals surface area contributed by atoms with Gasteiger partial charge in [0.1, 0.15) is 0 Å². The number of hydrogen-bond acceptors (Lipinski definition) is 3. The maximum Gasteiger partial charge on any atom is 0.329 e. The number of nitrogens with zero attached hydrogens (tertiary/aromatic N) is 2. The Kier molecular flexibility index (Phi) is 7.26. The van der Waals surface area contributed by atoms with Crippen LogP contribution in [0, 0.1) is 20.8 Å². The highest BCUT2D eigenvalue weighted by Crippen LogP contribution is 2.24. The topological polar surface area (TPSA) is 75.5 Å². The number of nitrogens with one attached hydrogen (secondary N) is 2. The molecular weight excluding hydrogens is 412 g/mol. The first-order valence-corrected chi connectivity index (χ1v) is 10.3. The number of hydrazone groups is 1. The molecule has 1 heterocycles. The summed E-state index contributed by atoms with van der Waals surface area (Å²) in [5, 5.41) is 7.24. The van der Waals surface area contributed by atoms with Crippen LogP contribution in [0.25, 0.3) is 5.69 Å². The Balaban J connectivity index is 1.58. The van der Waals surface area contributed by atoms with Gasteiger partial charge in [0.2, 0.25) is 0 Å². The van der Waals surface area contributed by atoms with E-state index in [0.29, 0.717) is 18.0 Å². The normalized spacial score (nSPS) is 11.0. The second kappa shape index (κ2) is 10.1. The molecule has 6 nitrogen and oxygen atoms in total. The highest BCUT2D eigenvalue weighted by molar-refractivity contribution is 6.35. The fourth-order valence-corrected chi connectivity index (χ4v) is 3.47. The summed E-state index contributed by atoms with van der Waals surface area (Å²) >= 11 is 6.27. The number of aryl methyl sites for hydroxylation is 2. The van der Waals surface area contributed by atoms with Gasteiger partial charge in [0, 0.05) is 34.2 Å². The van der Waals surface area contributed by atoms with E-state index in [4.69, 9.17) is 11.6 Å². The van der Waals surface area contributed by atoms with Crippen molar-refractivity contribution in [1.29, 1.82) is 0 Å². The summed E-state index contributed by atoms with van der Waals surface area (Å²) in [6.07, 6.45) is 2.18. The van der Waals surface area contributed by atoms with Crippen LogP contribution in [0.15, 0.2) is 59.7 Å². The third kappa shape index (κ3) is 5.61. The summed E-state index contributed by atoms with van der Waals surface area (Å²) in [5.41, 5.74) is 8.12. The highest BCUT2D eigenvalue weighted by atomic mass is 35.5. The molecule has 3 aromatic rings. The molecule has 2 amide bonds. The fraction of sp³-hybridized carbons (Fsp3) is 0.208. The summed E-state index contributed by atoms with van der Waals surface area (Å²) in [7, 11) is 0. The Morgan fingerprint density at radius 3 is 2.48 bits per heavy atom. The van der Waals surface area contributed by atoms with Gasteiger partial charge in [-0.2, -0.15) is 5.10 Å². The Hall–Kier alpha value is -3.38. The number of carbonyl (C=O) groups excluding carboxylic acids is 2. The van der Waals surface area contributed by atoms with Crippen LogP contribution in [0.4, 0.5) is 0 Å². The van der Waals surface area contributed by atoms with Crippen molar-refractivity contribution in [2.24, 2.45) is 5.10 Å². The highest BCUT2D eigenvalue weighted by Gasteiger charge is 2.13.